The van der Waals surface area contributed by atoms with Crippen LogP contribution in [0.4, 0.5) is 0 Å². The SMILES string of the molecule is COC(=O)[C@]1(C)CCC(=O)C(C)=C1/C=C/C(C)=C\CC[C@@H](C)O. The van der Waals surface area contributed by atoms with Crippen LogP contribution in [0.3, 0.4) is 0 Å². The standard InChI is InChI=1S/C19H28O4/c1-13(7-6-8-14(2)20)9-10-16-15(3)17(21)11-12-19(16,4)18(22)23-5/h7,9-10,14,20H,6,8,11-12H2,1-5H3/b10-9+,13-7-/t14-,19-/m1/s1. The van der Waals surface area contributed by atoms with Crippen LogP contribution in [0, 0.1) is 5.41 Å². The number of methoxy groups -OCH3 is 1. The van der Waals surface area contributed by atoms with Crippen LogP contribution in [0.2, 0.25) is 0 Å². The van der Waals surface area contributed by atoms with Gasteiger partial charge in [0.1, 0.15) is 0 Å². The van der Waals surface area contributed by atoms with Crippen LogP contribution in [0.25, 0.3) is 0 Å². The Hall–Kier alpha value is -1.68. The first kappa shape index (κ1) is 19.4. The summed E-state index contributed by atoms with van der Waals surface area (Å²) < 4.78 is 4.94. The molecule has 0 amide bonds. The highest BCUT2D eigenvalue weighted by molar-refractivity contribution is 6.00. The van der Waals surface area contributed by atoms with Crippen molar-refractivity contribution in [2.45, 2.75) is 59.5 Å². The molecule has 1 aliphatic carbocycles. The largest absolute Gasteiger partial charge is 0.468 e. The molecule has 0 fully saturated rings. The van der Waals surface area contributed by atoms with Crippen LogP contribution in [0.5, 0.6) is 0 Å². The minimum atomic E-state index is -0.775. The molecule has 4 heteroatoms. The molecule has 0 bridgehead atoms. The van der Waals surface area contributed by atoms with Crippen LogP contribution >= 0.6 is 0 Å². The van der Waals surface area contributed by atoms with Gasteiger partial charge in [-0.2, -0.15) is 0 Å². The van der Waals surface area contributed by atoms with Gasteiger partial charge in [0, 0.05) is 6.42 Å². The van der Waals surface area contributed by atoms with E-state index in [4.69, 9.17) is 4.74 Å². The molecular weight excluding hydrogens is 292 g/mol. The Bertz CT molecular complexity index is 552. The van der Waals surface area contributed by atoms with Crippen molar-refractivity contribution in [2.24, 2.45) is 5.41 Å². The molecule has 0 aliphatic heterocycles. The fourth-order valence-corrected chi connectivity index (χ4v) is 2.83. The van der Waals surface area contributed by atoms with E-state index >= 15 is 0 Å². The topological polar surface area (TPSA) is 63.6 Å². The van der Waals surface area contributed by atoms with Crippen LogP contribution in [-0.2, 0) is 14.3 Å². The lowest BCUT2D eigenvalue weighted by atomic mass is 9.70. The first-order chi connectivity index (χ1) is 10.7. The van der Waals surface area contributed by atoms with E-state index in [9.17, 15) is 14.7 Å². The molecule has 128 valence electrons. The summed E-state index contributed by atoms with van der Waals surface area (Å²) in [5, 5.41) is 9.28. The Balaban J connectivity index is 3.04. The van der Waals surface area contributed by atoms with Gasteiger partial charge in [0.15, 0.2) is 5.78 Å². The van der Waals surface area contributed by atoms with E-state index < -0.39 is 5.41 Å². The third-order valence-electron chi connectivity index (χ3n) is 4.47. The zero-order valence-electron chi connectivity index (χ0n) is 14.8. The predicted octanol–water partition coefficient (Wildman–Crippen LogP) is 3.51. The number of rotatable bonds is 6. The third kappa shape index (κ3) is 4.90. The maximum absolute atomic E-state index is 12.2. The molecule has 0 radical (unpaired) electrons. The lowest BCUT2D eigenvalue weighted by molar-refractivity contribution is -0.150. The lowest BCUT2D eigenvalue weighted by Crippen LogP contribution is -2.35. The highest BCUT2D eigenvalue weighted by Gasteiger charge is 2.42. The maximum Gasteiger partial charge on any atom is 0.316 e. The first-order valence-corrected chi connectivity index (χ1v) is 8.08. The zero-order chi connectivity index (χ0) is 17.6. The summed E-state index contributed by atoms with van der Waals surface area (Å²) >= 11 is 0. The average molecular weight is 320 g/mol. The Morgan fingerprint density at radius 3 is 2.70 bits per heavy atom. The van der Waals surface area contributed by atoms with Gasteiger partial charge in [-0.25, -0.2) is 0 Å². The number of Topliss-reactive ketones (excluding diaryl/α,β-unsaturated/α-hetero) is 1. The summed E-state index contributed by atoms with van der Waals surface area (Å²) in [6.07, 6.45) is 7.85. The number of allylic oxidation sites excluding steroid dienone is 5. The van der Waals surface area contributed by atoms with Gasteiger partial charge in [-0.15, -0.1) is 0 Å². The highest BCUT2D eigenvalue weighted by atomic mass is 16.5. The van der Waals surface area contributed by atoms with Crippen molar-refractivity contribution in [3.8, 4) is 0 Å². The second-order valence-electron chi connectivity index (χ2n) is 6.49. The van der Waals surface area contributed by atoms with Crippen LogP contribution in [0.15, 0.2) is 34.9 Å². The Kier molecular flexibility index (Phi) is 6.95. The number of carbonyl (C=O) groups excluding carboxylic acids is 2. The van der Waals surface area contributed by atoms with E-state index in [0.717, 1.165) is 17.6 Å². The zero-order valence-corrected chi connectivity index (χ0v) is 14.8. The number of ketones is 1. The molecule has 1 aliphatic rings. The number of ether oxygens (including phenoxy) is 1. The fraction of sp³-hybridized carbons (Fsp3) is 0.579. The molecule has 0 unspecified atom stereocenters. The average Bonchev–Trinajstić information content (AvgIpc) is 2.50. The van der Waals surface area contributed by atoms with Gasteiger partial charge in [-0.3, -0.25) is 9.59 Å². The van der Waals surface area contributed by atoms with E-state index in [1.54, 1.807) is 13.8 Å². The van der Waals surface area contributed by atoms with Crippen molar-refractivity contribution in [2.75, 3.05) is 7.11 Å². The number of hydrogen-bond acceptors (Lipinski definition) is 4. The minimum Gasteiger partial charge on any atom is -0.468 e. The van der Waals surface area contributed by atoms with E-state index in [0.29, 0.717) is 24.8 Å². The Morgan fingerprint density at radius 2 is 2.13 bits per heavy atom. The van der Waals surface area contributed by atoms with E-state index in [1.807, 2.05) is 32.1 Å². The molecular formula is C19H28O4. The van der Waals surface area contributed by atoms with Gasteiger partial charge in [-0.05, 0) is 58.1 Å². The summed E-state index contributed by atoms with van der Waals surface area (Å²) in [4.78, 5) is 24.2. The van der Waals surface area contributed by atoms with Gasteiger partial charge in [0.25, 0.3) is 0 Å². The molecule has 0 heterocycles. The Morgan fingerprint density at radius 1 is 1.48 bits per heavy atom. The summed E-state index contributed by atoms with van der Waals surface area (Å²) in [6.45, 7) is 7.34. The minimum absolute atomic E-state index is 0.0850. The summed E-state index contributed by atoms with van der Waals surface area (Å²) in [5.74, 6) is -0.221. The van der Waals surface area contributed by atoms with Crippen LogP contribution in [0.1, 0.15) is 53.4 Å². The van der Waals surface area contributed by atoms with E-state index in [2.05, 4.69) is 0 Å². The molecule has 0 saturated carbocycles. The van der Waals surface area contributed by atoms with Crippen molar-refractivity contribution < 1.29 is 19.4 Å². The van der Waals surface area contributed by atoms with Gasteiger partial charge in [0.2, 0.25) is 0 Å². The number of aliphatic hydroxyl groups is 1. The summed E-state index contributed by atoms with van der Waals surface area (Å²) in [7, 11) is 1.38. The summed E-state index contributed by atoms with van der Waals surface area (Å²) in [5.41, 5.74) is 1.64. The molecule has 0 aromatic carbocycles. The molecule has 0 spiro atoms. The monoisotopic (exact) mass is 320 g/mol. The van der Waals surface area contributed by atoms with Gasteiger partial charge in [-0.1, -0.05) is 23.8 Å². The van der Waals surface area contributed by atoms with Crippen molar-refractivity contribution in [3.63, 3.8) is 0 Å². The molecule has 0 aromatic heterocycles. The van der Waals surface area contributed by atoms with Crippen LogP contribution in [-0.4, -0.2) is 30.1 Å². The normalized spacial score (nSPS) is 24.3. The molecule has 23 heavy (non-hydrogen) atoms. The number of esters is 1. The van der Waals surface area contributed by atoms with Gasteiger partial charge in [0.05, 0.1) is 18.6 Å². The van der Waals surface area contributed by atoms with Crippen molar-refractivity contribution >= 4 is 11.8 Å². The van der Waals surface area contributed by atoms with Gasteiger partial charge < -0.3 is 9.84 Å². The molecule has 1 rings (SSSR count). The molecule has 2 atom stereocenters. The molecule has 1 N–H and O–H groups in total. The second kappa shape index (κ2) is 8.25. The number of carbonyl (C=O) groups is 2. The number of hydrogen-bond donors (Lipinski definition) is 1. The maximum atomic E-state index is 12.2. The number of aliphatic hydroxyl groups excluding tert-OH is 1. The first-order valence-electron chi connectivity index (χ1n) is 8.08. The van der Waals surface area contributed by atoms with E-state index in [-0.39, 0.29) is 17.9 Å². The van der Waals surface area contributed by atoms with Gasteiger partial charge >= 0.3 is 5.97 Å². The highest BCUT2D eigenvalue weighted by Crippen LogP contribution is 2.41. The van der Waals surface area contributed by atoms with Crippen molar-refractivity contribution in [1.82, 2.24) is 0 Å². The van der Waals surface area contributed by atoms with Crippen LogP contribution < -0.4 is 0 Å². The third-order valence-corrected chi connectivity index (χ3v) is 4.47. The summed E-state index contributed by atoms with van der Waals surface area (Å²) in [6, 6.07) is 0. The second-order valence-corrected chi connectivity index (χ2v) is 6.49. The Labute approximate surface area is 138 Å². The fourth-order valence-electron chi connectivity index (χ4n) is 2.83. The molecule has 0 aromatic rings. The smallest absolute Gasteiger partial charge is 0.316 e. The van der Waals surface area contributed by atoms with Crippen molar-refractivity contribution in [1.29, 1.82) is 0 Å². The molecule has 0 saturated heterocycles. The predicted molar refractivity (Wildman–Crippen MR) is 90.9 cm³/mol. The quantitative estimate of drug-likeness (QED) is 0.601. The van der Waals surface area contributed by atoms with Crippen molar-refractivity contribution in [3.05, 3.63) is 34.9 Å². The lowest BCUT2D eigenvalue weighted by Gasteiger charge is -2.33. The van der Waals surface area contributed by atoms with E-state index in [1.165, 1.54) is 7.11 Å². The molecule has 4 nitrogen and oxygen atoms in total.